The molecule has 103 heavy (non-hydrogen) atoms. The largest absolute Gasteiger partial charge is 0.448 e. The molecule has 576 valence electrons. The summed E-state index contributed by atoms with van der Waals surface area (Å²) >= 11 is 0. The van der Waals surface area contributed by atoms with E-state index in [2.05, 4.69) is 10.0 Å². The highest BCUT2D eigenvalue weighted by Gasteiger charge is 2.31. The lowest BCUT2D eigenvalue weighted by molar-refractivity contribution is -0.146. The smallest absolute Gasteiger partial charge is 0.409 e. The molecule has 2 aromatic rings. The standard InChI is InChI=1S/C68H107N13O22/c1-72(42-53(82)16-15-22-93-24-26-95-28-30-97-32-34-99-36-38-101-40-41-102-39-37-100-35-33-98-31-29-96-27-25-94-23-21-70-71-69)59(83)43-73(2)60(84)44-74(3)61(85)45-75(4)62(86)46-76(5)63(87)47-77(6)64(88)48-78(7)65(89)49-79(8)66(90)50-80(9)67(91)51-81(10)68(92)103-52-58-56-19-13-11-17-54(56)55-18-12-14-20-57(55)58/h11-14,17-20,58H,15-16,21-52H2,1-10H3. The van der Waals surface area contributed by atoms with Crippen LogP contribution >= 0.6 is 0 Å². The number of carbonyl (C=O) groups excluding carboxylic acids is 11. The molecule has 0 heterocycles. The molecule has 0 radical (unpaired) electrons. The molecule has 1 aliphatic rings. The first kappa shape index (κ1) is 88.7. The summed E-state index contributed by atoms with van der Waals surface area (Å²) in [5.41, 5.74) is 12.4. The molecule has 0 aliphatic heterocycles. The summed E-state index contributed by atoms with van der Waals surface area (Å²) in [5.74, 6) is -5.75. The van der Waals surface area contributed by atoms with Gasteiger partial charge in [-0.2, -0.15) is 0 Å². The van der Waals surface area contributed by atoms with E-state index in [0.717, 1.165) is 66.4 Å². The maximum Gasteiger partial charge on any atom is 0.409 e. The molecule has 0 atom stereocenters. The zero-order valence-electron chi connectivity index (χ0n) is 61.5. The summed E-state index contributed by atoms with van der Waals surface area (Å²) in [6, 6.07) is 15.8. The number of azide groups is 1. The Morgan fingerprint density at radius 3 is 0.835 bits per heavy atom. The Kier molecular flexibility index (Phi) is 44.5. The van der Waals surface area contributed by atoms with E-state index in [1.54, 1.807) is 0 Å². The molecule has 2 aromatic carbocycles. The lowest BCUT2D eigenvalue weighted by Gasteiger charge is -2.27. The minimum absolute atomic E-state index is 0.0606. The van der Waals surface area contributed by atoms with Gasteiger partial charge in [0.2, 0.25) is 53.2 Å². The number of Topliss-reactive ketones (excluding diaryl/α,β-unsaturated/α-hetero) is 1. The Bertz CT molecular complexity index is 2970. The molecular weight excluding hydrogens is 1350 g/mol. The van der Waals surface area contributed by atoms with Gasteiger partial charge in [0.15, 0.2) is 5.78 Å². The molecule has 0 spiro atoms. The Balaban J connectivity index is 1.15. The highest BCUT2D eigenvalue weighted by molar-refractivity contribution is 5.94. The van der Waals surface area contributed by atoms with Crippen LogP contribution in [0, 0.1) is 0 Å². The number of ketones is 1. The summed E-state index contributed by atoms with van der Waals surface area (Å²) in [7, 11) is 13.7. The highest BCUT2D eigenvalue weighted by Crippen LogP contribution is 2.44. The molecule has 35 nitrogen and oxygen atoms in total. The van der Waals surface area contributed by atoms with Gasteiger partial charge < -0.3 is 101 Å². The van der Waals surface area contributed by atoms with Gasteiger partial charge in [0.25, 0.3) is 0 Å². The highest BCUT2D eigenvalue weighted by atomic mass is 16.6. The number of hydrogen-bond acceptors (Lipinski definition) is 23. The normalized spacial score (nSPS) is 11.4. The minimum Gasteiger partial charge on any atom is -0.448 e. The lowest BCUT2D eigenvalue weighted by Crippen LogP contribution is -2.49. The van der Waals surface area contributed by atoms with Crippen molar-refractivity contribution in [3.05, 3.63) is 70.1 Å². The first-order valence-electron chi connectivity index (χ1n) is 33.9. The number of ether oxygens (including phenoxy) is 11. The number of fused-ring (bicyclic) bond motifs is 3. The molecule has 0 unspecified atom stereocenters. The third-order valence-corrected chi connectivity index (χ3v) is 15.7. The first-order chi connectivity index (χ1) is 49.4. The van der Waals surface area contributed by atoms with E-state index >= 15 is 0 Å². The van der Waals surface area contributed by atoms with E-state index in [4.69, 9.17) is 57.6 Å². The fourth-order valence-corrected chi connectivity index (χ4v) is 9.42. The molecule has 3 rings (SSSR count). The topological polar surface area (TPSA) is 370 Å². The van der Waals surface area contributed by atoms with Crippen molar-refractivity contribution in [2.45, 2.75) is 18.8 Å². The minimum atomic E-state index is -0.718. The van der Waals surface area contributed by atoms with Crippen LogP contribution in [0.3, 0.4) is 0 Å². The fourth-order valence-electron chi connectivity index (χ4n) is 9.42. The molecular formula is C68H107N13O22. The summed E-state index contributed by atoms with van der Waals surface area (Å²) < 4.78 is 60.2. The van der Waals surface area contributed by atoms with Gasteiger partial charge in [-0.1, -0.05) is 53.6 Å². The van der Waals surface area contributed by atoms with Gasteiger partial charge in [0.05, 0.1) is 184 Å². The van der Waals surface area contributed by atoms with Crippen molar-refractivity contribution >= 4 is 65.0 Å². The predicted octanol–water partition coefficient (Wildman–Crippen LogP) is -0.182. The molecule has 0 saturated carbocycles. The van der Waals surface area contributed by atoms with Gasteiger partial charge in [-0.3, -0.25) is 47.9 Å². The number of likely N-dealkylation sites (N-methyl/N-ethyl adjacent to an activating group) is 10. The number of hydrogen-bond donors (Lipinski definition) is 0. The van der Waals surface area contributed by atoms with Crippen LogP contribution < -0.4 is 0 Å². The fraction of sp³-hybridized carbons (Fsp3) is 0.662. The Morgan fingerprint density at radius 2 is 0.563 bits per heavy atom. The zero-order chi connectivity index (χ0) is 75.9. The van der Waals surface area contributed by atoms with Gasteiger partial charge in [0, 0.05) is 101 Å². The Hall–Kier alpha value is -8.48. The van der Waals surface area contributed by atoms with Crippen molar-refractivity contribution < 1.29 is 105 Å². The third-order valence-electron chi connectivity index (χ3n) is 15.7. The van der Waals surface area contributed by atoms with Crippen LogP contribution in [-0.4, -0.2) is 395 Å². The average Bonchev–Trinajstić information content (AvgIpc) is 1.62. The van der Waals surface area contributed by atoms with E-state index in [1.165, 1.54) is 75.4 Å². The second-order valence-electron chi connectivity index (χ2n) is 24.1. The van der Waals surface area contributed by atoms with Crippen molar-refractivity contribution in [1.82, 2.24) is 49.0 Å². The number of carbonyl (C=O) groups is 11. The van der Waals surface area contributed by atoms with Crippen LogP contribution in [0.1, 0.15) is 29.9 Å². The van der Waals surface area contributed by atoms with Gasteiger partial charge in [-0.05, 0) is 34.2 Å². The Labute approximate surface area is 603 Å². The number of benzene rings is 2. The van der Waals surface area contributed by atoms with E-state index in [9.17, 15) is 52.7 Å². The van der Waals surface area contributed by atoms with Crippen molar-refractivity contribution in [1.29, 1.82) is 0 Å². The molecule has 10 amide bonds. The number of amides is 10. The van der Waals surface area contributed by atoms with Crippen LogP contribution in [0.25, 0.3) is 21.6 Å². The molecule has 1 aliphatic carbocycles. The lowest BCUT2D eigenvalue weighted by atomic mass is 9.98. The van der Waals surface area contributed by atoms with Crippen LogP contribution in [0.4, 0.5) is 4.79 Å². The summed E-state index contributed by atoms with van der Waals surface area (Å²) in [5, 5.41) is 3.37. The van der Waals surface area contributed by atoms with E-state index in [0.29, 0.717) is 145 Å². The number of nitrogens with zero attached hydrogens (tertiary/aromatic N) is 13. The van der Waals surface area contributed by atoms with Gasteiger partial charge in [0.1, 0.15) is 13.2 Å². The SMILES string of the molecule is CN(CC(=O)CCCOCCOCCOCCOCCOCCOCCOCCOCCOCCOCCN=[N+]=[N-])C(=O)CN(C)C(=O)CN(C)C(=O)CN(C)C(=O)CN(C)C(=O)CN(C)C(=O)CN(C)C(=O)CN(C)C(=O)CN(C)C(=O)CN(C)C(=O)OCC1c2ccccc2-c2ccccc21. The average molecular weight is 1460 g/mol. The molecule has 0 saturated heterocycles. The second-order valence-corrected chi connectivity index (χ2v) is 24.1. The summed E-state index contributed by atoms with van der Waals surface area (Å²) in [6.07, 6.45) is -0.128. The maximum atomic E-state index is 13.1. The quantitative estimate of drug-likeness (QED) is 0.0359. The maximum absolute atomic E-state index is 13.1. The monoisotopic (exact) mass is 1460 g/mol. The van der Waals surface area contributed by atoms with E-state index < -0.39 is 105 Å². The van der Waals surface area contributed by atoms with Crippen LogP contribution in [0.2, 0.25) is 0 Å². The zero-order valence-corrected chi connectivity index (χ0v) is 61.5. The van der Waals surface area contributed by atoms with Crippen molar-refractivity contribution in [3.63, 3.8) is 0 Å². The van der Waals surface area contributed by atoms with Crippen molar-refractivity contribution in [3.8, 4) is 11.1 Å². The van der Waals surface area contributed by atoms with Gasteiger partial charge in [-0.25, -0.2) is 4.79 Å². The third kappa shape index (κ3) is 36.5. The van der Waals surface area contributed by atoms with Crippen molar-refractivity contribution in [2.75, 3.05) is 281 Å². The molecule has 35 heteroatoms. The molecule has 0 aromatic heterocycles. The molecule has 0 bridgehead atoms. The Morgan fingerprint density at radius 1 is 0.330 bits per heavy atom. The molecule has 0 fully saturated rings. The predicted molar refractivity (Wildman–Crippen MR) is 373 cm³/mol. The van der Waals surface area contributed by atoms with Crippen LogP contribution in [-0.2, 0) is 100 Å². The first-order valence-corrected chi connectivity index (χ1v) is 33.9. The van der Waals surface area contributed by atoms with E-state index in [-0.39, 0.29) is 44.4 Å². The summed E-state index contributed by atoms with van der Waals surface area (Å²) in [6.45, 7) is 4.42. The second kappa shape index (κ2) is 51.6. The van der Waals surface area contributed by atoms with Crippen molar-refractivity contribution in [2.24, 2.45) is 5.11 Å². The van der Waals surface area contributed by atoms with E-state index in [1.807, 2.05) is 48.5 Å². The molecule has 0 N–H and O–H groups in total. The van der Waals surface area contributed by atoms with Crippen LogP contribution in [0.5, 0.6) is 0 Å². The number of rotatable bonds is 56. The summed E-state index contributed by atoms with van der Waals surface area (Å²) in [4.78, 5) is 157. The van der Waals surface area contributed by atoms with Gasteiger partial charge >= 0.3 is 6.09 Å². The van der Waals surface area contributed by atoms with Gasteiger partial charge in [-0.15, -0.1) is 0 Å². The van der Waals surface area contributed by atoms with Crippen LogP contribution in [0.15, 0.2) is 53.6 Å².